The van der Waals surface area contributed by atoms with Gasteiger partial charge >= 0.3 is 0 Å². The first kappa shape index (κ1) is 10.2. The summed E-state index contributed by atoms with van der Waals surface area (Å²) < 4.78 is 6.79. The van der Waals surface area contributed by atoms with E-state index in [9.17, 15) is 0 Å². The van der Waals surface area contributed by atoms with Gasteiger partial charge in [-0.05, 0) is 6.07 Å². The van der Waals surface area contributed by atoms with E-state index in [2.05, 4.69) is 9.97 Å². The van der Waals surface area contributed by atoms with Crippen molar-refractivity contribution in [2.45, 2.75) is 6.54 Å². The fourth-order valence-corrected chi connectivity index (χ4v) is 1.56. The van der Waals surface area contributed by atoms with Gasteiger partial charge in [0.25, 0.3) is 0 Å². The van der Waals surface area contributed by atoms with Crippen LogP contribution in [0.15, 0.2) is 12.3 Å². The van der Waals surface area contributed by atoms with Crippen molar-refractivity contribution in [3.63, 3.8) is 0 Å². The second-order valence-electron chi connectivity index (χ2n) is 3.11. The molecule has 15 heavy (non-hydrogen) atoms. The molecule has 0 atom stereocenters. The number of hydrogen-bond acceptors (Lipinski definition) is 4. The Labute approximate surface area is 91.8 Å². The molecule has 2 heterocycles. The highest BCUT2D eigenvalue weighted by molar-refractivity contribution is 6.31. The van der Waals surface area contributed by atoms with Gasteiger partial charge in [-0.2, -0.15) is 0 Å². The average Bonchev–Trinajstić information content (AvgIpc) is 2.50. The molecule has 0 aliphatic rings. The molecule has 2 aromatic rings. The molecule has 0 spiro atoms. The minimum absolute atomic E-state index is 0.428. The van der Waals surface area contributed by atoms with Gasteiger partial charge in [0.1, 0.15) is 5.52 Å². The lowest BCUT2D eigenvalue weighted by Gasteiger charge is -2.03. The zero-order valence-corrected chi connectivity index (χ0v) is 9.03. The number of nitrogens with zero attached hydrogens (tertiary/aromatic N) is 3. The number of imidazole rings is 1. The standard InChI is InChI=1S/C9H11ClN4O/c1-15-3-2-14-8-7(13-9(14)11)4-6(10)5-12-8/h4-5H,2-3H2,1H3,(H2,11,13). The maximum atomic E-state index is 5.81. The van der Waals surface area contributed by atoms with E-state index in [0.717, 1.165) is 5.65 Å². The first-order valence-corrected chi connectivity index (χ1v) is 4.86. The number of ether oxygens (including phenoxy) is 1. The summed E-state index contributed by atoms with van der Waals surface area (Å²) in [6, 6.07) is 1.74. The lowest BCUT2D eigenvalue weighted by atomic mass is 10.4. The lowest BCUT2D eigenvalue weighted by molar-refractivity contribution is 0.188. The summed E-state index contributed by atoms with van der Waals surface area (Å²) in [6.07, 6.45) is 1.58. The molecule has 0 saturated heterocycles. The summed E-state index contributed by atoms with van der Waals surface area (Å²) in [5, 5.41) is 0.555. The molecule has 80 valence electrons. The molecule has 0 unspecified atom stereocenters. The van der Waals surface area contributed by atoms with Crippen LogP contribution < -0.4 is 5.73 Å². The van der Waals surface area contributed by atoms with E-state index in [1.807, 2.05) is 0 Å². The van der Waals surface area contributed by atoms with Crippen molar-refractivity contribution in [3.05, 3.63) is 17.3 Å². The molecule has 0 amide bonds. The van der Waals surface area contributed by atoms with Gasteiger partial charge in [0.05, 0.1) is 18.2 Å². The first-order valence-electron chi connectivity index (χ1n) is 4.48. The average molecular weight is 227 g/mol. The molecule has 2 N–H and O–H groups in total. The molecule has 6 heteroatoms. The minimum atomic E-state index is 0.428. The normalized spacial score (nSPS) is 11.1. The highest BCUT2D eigenvalue weighted by Gasteiger charge is 2.08. The van der Waals surface area contributed by atoms with E-state index in [4.69, 9.17) is 22.1 Å². The Bertz CT molecular complexity index is 482. The predicted octanol–water partition coefficient (Wildman–Crippen LogP) is 1.31. The monoisotopic (exact) mass is 226 g/mol. The number of anilines is 1. The van der Waals surface area contributed by atoms with Crippen LogP contribution in [0.5, 0.6) is 0 Å². The van der Waals surface area contributed by atoms with Gasteiger partial charge in [-0.1, -0.05) is 11.6 Å². The Hall–Kier alpha value is -1.33. The fourth-order valence-electron chi connectivity index (χ4n) is 1.41. The SMILES string of the molecule is COCCn1c(N)nc2cc(Cl)cnc21. The third-order valence-electron chi connectivity index (χ3n) is 2.10. The van der Waals surface area contributed by atoms with Gasteiger partial charge in [0.2, 0.25) is 5.95 Å². The van der Waals surface area contributed by atoms with Crippen LogP contribution in [0, 0.1) is 0 Å². The Morgan fingerprint density at radius 2 is 2.40 bits per heavy atom. The van der Waals surface area contributed by atoms with Crippen molar-refractivity contribution in [1.82, 2.24) is 14.5 Å². The van der Waals surface area contributed by atoms with Gasteiger partial charge in [0.15, 0.2) is 5.65 Å². The number of rotatable bonds is 3. The summed E-state index contributed by atoms with van der Waals surface area (Å²) in [6.45, 7) is 1.20. The number of nitrogen functional groups attached to an aromatic ring is 1. The van der Waals surface area contributed by atoms with Gasteiger partial charge in [-0.3, -0.25) is 4.57 Å². The second-order valence-corrected chi connectivity index (χ2v) is 3.55. The Morgan fingerprint density at radius 1 is 1.60 bits per heavy atom. The second kappa shape index (κ2) is 4.04. The van der Waals surface area contributed by atoms with Crippen molar-refractivity contribution in [3.8, 4) is 0 Å². The summed E-state index contributed by atoms with van der Waals surface area (Å²) in [4.78, 5) is 8.35. The van der Waals surface area contributed by atoms with E-state index >= 15 is 0 Å². The van der Waals surface area contributed by atoms with E-state index in [-0.39, 0.29) is 0 Å². The molecule has 0 aliphatic carbocycles. The topological polar surface area (TPSA) is 66.0 Å². The van der Waals surface area contributed by atoms with Crippen molar-refractivity contribution in [2.75, 3.05) is 19.5 Å². The quantitative estimate of drug-likeness (QED) is 0.857. The molecular formula is C9H11ClN4O. The minimum Gasteiger partial charge on any atom is -0.383 e. The smallest absolute Gasteiger partial charge is 0.202 e. The van der Waals surface area contributed by atoms with Crippen LogP contribution in [-0.2, 0) is 11.3 Å². The Balaban J connectivity index is 2.48. The van der Waals surface area contributed by atoms with Gasteiger partial charge < -0.3 is 10.5 Å². The van der Waals surface area contributed by atoms with Crippen molar-refractivity contribution in [1.29, 1.82) is 0 Å². The van der Waals surface area contributed by atoms with Gasteiger partial charge in [0, 0.05) is 13.3 Å². The molecule has 0 aromatic carbocycles. The summed E-state index contributed by atoms with van der Waals surface area (Å²) >= 11 is 5.81. The molecule has 0 saturated carbocycles. The van der Waals surface area contributed by atoms with E-state index in [0.29, 0.717) is 29.6 Å². The van der Waals surface area contributed by atoms with Crippen molar-refractivity contribution in [2.24, 2.45) is 0 Å². The zero-order valence-electron chi connectivity index (χ0n) is 8.27. The third kappa shape index (κ3) is 1.88. The molecule has 5 nitrogen and oxygen atoms in total. The van der Waals surface area contributed by atoms with Crippen molar-refractivity contribution < 1.29 is 4.74 Å². The number of methoxy groups -OCH3 is 1. The van der Waals surface area contributed by atoms with Gasteiger partial charge in [-0.15, -0.1) is 0 Å². The molecule has 0 fully saturated rings. The number of aromatic nitrogens is 3. The number of pyridine rings is 1. The van der Waals surface area contributed by atoms with Crippen LogP contribution in [-0.4, -0.2) is 28.3 Å². The predicted molar refractivity (Wildman–Crippen MR) is 58.8 cm³/mol. The Kier molecular flexibility index (Phi) is 2.75. The summed E-state index contributed by atoms with van der Waals surface area (Å²) in [5.41, 5.74) is 7.19. The molecular weight excluding hydrogens is 216 g/mol. The molecule has 0 bridgehead atoms. The van der Waals surface area contributed by atoms with Crippen molar-refractivity contribution >= 4 is 28.7 Å². The van der Waals surface area contributed by atoms with Crippen LogP contribution in [0.2, 0.25) is 5.02 Å². The zero-order chi connectivity index (χ0) is 10.8. The highest BCUT2D eigenvalue weighted by atomic mass is 35.5. The molecule has 2 rings (SSSR count). The number of nitrogens with two attached hydrogens (primary N) is 1. The van der Waals surface area contributed by atoms with Crippen LogP contribution in [0.1, 0.15) is 0 Å². The summed E-state index contributed by atoms with van der Waals surface area (Å²) in [5.74, 6) is 0.428. The van der Waals surface area contributed by atoms with Crippen LogP contribution >= 0.6 is 11.6 Å². The number of halogens is 1. The van der Waals surface area contributed by atoms with E-state index in [1.165, 1.54) is 0 Å². The summed E-state index contributed by atoms with van der Waals surface area (Å²) in [7, 11) is 1.64. The molecule has 0 radical (unpaired) electrons. The largest absolute Gasteiger partial charge is 0.383 e. The fraction of sp³-hybridized carbons (Fsp3) is 0.333. The van der Waals surface area contributed by atoms with Crippen LogP contribution in [0.25, 0.3) is 11.2 Å². The lowest BCUT2D eigenvalue weighted by Crippen LogP contribution is -2.08. The maximum Gasteiger partial charge on any atom is 0.202 e. The highest BCUT2D eigenvalue weighted by Crippen LogP contribution is 2.18. The van der Waals surface area contributed by atoms with Crippen LogP contribution in [0.3, 0.4) is 0 Å². The molecule has 2 aromatic heterocycles. The molecule has 0 aliphatic heterocycles. The number of fused-ring (bicyclic) bond motifs is 1. The number of hydrogen-bond donors (Lipinski definition) is 1. The van der Waals surface area contributed by atoms with E-state index in [1.54, 1.807) is 23.9 Å². The van der Waals surface area contributed by atoms with E-state index < -0.39 is 0 Å². The Morgan fingerprint density at radius 3 is 3.13 bits per heavy atom. The third-order valence-corrected chi connectivity index (χ3v) is 2.31. The van der Waals surface area contributed by atoms with Crippen LogP contribution in [0.4, 0.5) is 5.95 Å². The van der Waals surface area contributed by atoms with Gasteiger partial charge in [-0.25, -0.2) is 9.97 Å². The maximum absolute atomic E-state index is 5.81. The first-order chi connectivity index (χ1) is 7.22.